The first-order valence-corrected chi connectivity index (χ1v) is 26.6. The fourth-order valence-corrected chi connectivity index (χ4v) is 13.7. The minimum atomic E-state index is -0.500. The van der Waals surface area contributed by atoms with Crippen molar-refractivity contribution in [1.82, 2.24) is 9.13 Å². The molecule has 16 rings (SSSR count). The SMILES string of the molecule is C1=Cc2c(n(-c3ccccc3)c3cc(N(c4cccc5c4-c4ccccc4C54c5ccccc5-c5ccccc54)c4cccc5c4c4ccccc4n5-c4cc(-c5ccccc5)cc(-c5ccccc5)c4)ccc23)CC1. The summed E-state index contributed by atoms with van der Waals surface area (Å²) in [5.74, 6) is 0. The van der Waals surface area contributed by atoms with E-state index in [0.29, 0.717) is 0 Å². The van der Waals surface area contributed by atoms with E-state index in [0.717, 1.165) is 46.6 Å². The van der Waals surface area contributed by atoms with Gasteiger partial charge in [-0.15, -0.1) is 0 Å². The summed E-state index contributed by atoms with van der Waals surface area (Å²) in [4.78, 5) is 2.60. The molecule has 356 valence electrons. The van der Waals surface area contributed by atoms with Crippen LogP contribution < -0.4 is 4.90 Å². The zero-order chi connectivity index (χ0) is 49.9. The van der Waals surface area contributed by atoms with E-state index in [1.807, 2.05) is 0 Å². The van der Waals surface area contributed by atoms with E-state index in [1.165, 1.54) is 105 Å². The monoisotopic (exact) mass is 967 g/mol. The number of nitrogens with zero attached hydrogens (tertiary/aromatic N) is 3. The Morgan fingerprint density at radius 2 is 0.934 bits per heavy atom. The molecule has 0 amide bonds. The van der Waals surface area contributed by atoms with E-state index in [9.17, 15) is 0 Å². The van der Waals surface area contributed by atoms with Crippen molar-refractivity contribution < 1.29 is 0 Å². The average Bonchev–Trinajstić information content (AvgIpc) is 4.37. The van der Waals surface area contributed by atoms with Crippen LogP contribution in [-0.4, -0.2) is 9.13 Å². The largest absolute Gasteiger partial charge is 0.313 e. The van der Waals surface area contributed by atoms with Gasteiger partial charge in [-0.3, -0.25) is 0 Å². The van der Waals surface area contributed by atoms with Crippen molar-refractivity contribution in [3.63, 3.8) is 0 Å². The topological polar surface area (TPSA) is 13.1 Å². The molecule has 0 N–H and O–H groups in total. The number of allylic oxidation sites excluding steroid dienone is 1. The molecule has 13 aromatic rings. The van der Waals surface area contributed by atoms with Gasteiger partial charge in [-0.25, -0.2) is 0 Å². The Kier molecular flexibility index (Phi) is 9.38. The normalized spacial score (nSPS) is 13.5. The first-order valence-electron chi connectivity index (χ1n) is 26.6. The van der Waals surface area contributed by atoms with E-state index in [1.54, 1.807) is 0 Å². The number of hydrogen-bond acceptors (Lipinski definition) is 1. The highest BCUT2D eigenvalue weighted by atomic mass is 15.2. The predicted octanol–water partition coefficient (Wildman–Crippen LogP) is 18.8. The fourth-order valence-electron chi connectivity index (χ4n) is 13.7. The molecule has 76 heavy (non-hydrogen) atoms. The van der Waals surface area contributed by atoms with Crippen LogP contribution in [0.15, 0.2) is 267 Å². The molecule has 0 radical (unpaired) electrons. The van der Waals surface area contributed by atoms with Crippen molar-refractivity contribution in [2.45, 2.75) is 18.3 Å². The Hall–Kier alpha value is -9.70. The van der Waals surface area contributed by atoms with Gasteiger partial charge < -0.3 is 14.0 Å². The average molecular weight is 968 g/mol. The molecule has 3 nitrogen and oxygen atoms in total. The molecular weight excluding hydrogens is 919 g/mol. The van der Waals surface area contributed by atoms with Crippen LogP contribution in [0.25, 0.3) is 94.7 Å². The van der Waals surface area contributed by atoms with Crippen molar-refractivity contribution in [3.05, 3.63) is 300 Å². The van der Waals surface area contributed by atoms with Crippen LogP contribution in [0.3, 0.4) is 0 Å². The zero-order valence-corrected chi connectivity index (χ0v) is 41.7. The van der Waals surface area contributed by atoms with Gasteiger partial charge in [0.15, 0.2) is 0 Å². The van der Waals surface area contributed by atoms with E-state index in [4.69, 9.17) is 0 Å². The van der Waals surface area contributed by atoms with Crippen molar-refractivity contribution in [3.8, 4) is 55.9 Å². The van der Waals surface area contributed by atoms with Gasteiger partial charge >= 0.3 is 0 Å². The summed E-state index contributed by atoms with van der Waals surface area (Å²) in [6.45, 7) is 0. The molecule has 2 heterocycles. The van der Waals surface area contributed by atoms with Crippen LogP contribution in [0, 0.1) is 0 Å². The molecule has 3 heteroatoms. The lowest BCUT2D eigenvalue weighted by atomic mass is 9.70. The number of rotatable bonds is 7. The molecule has 3 aliphatic carbocycles. The van der Waals surface area contributed by atoms with Crippen molar-refractivity contribution >= 4 is 55.8 Å². The van der Waals surface area contributed by atoms with Crippen LogP contribution in [0.4, 0.5) is 17.1 Å². The third kappa shape index (κ3) is 6.05. The van der Waals surface area contributed by atoms with Gasteiger partial charge in [0.1, 0.15) is 0 Å². The zero-order valence-electron chi connectivity index (χ0n) is 41.7. The minimum absolute atomic E-state index is 0.500. The van der Waals surface area contributed by atoms with Gasteiger partial charge in [0.25, 0.3) is 0 Å². The summed E-state index contributed by atoms with van der Waals surface area (Å²) in [6, 6.07) is 97.4. The van der Waals surface area contributed by atoms with E-state index in [2.05, 4.69) is 287 Å². The Balaban J connectivity index is 1.01. The molecule has 0 fully saturated rings. The fraction of sp³-hybridized carbons (Fsp3) is 0.0411. The number of anilines is 3. The molecule has 0 saturated heterocycles. The Morgan fingerprint density at radius 3 is 1.64 bits per heavy atom. The molecule has 11 aromatic carbocycles. The molecule has 2 aromatic heterocycles. The molecule has 0 saturated carbocycles. The minimum Gasteiger partial charge on any atom is -0.313 e. The van der Waals surface area contributed by atoms with Gasteiger partial charge in [-0.1, -0.05) is 206 Å². The maximum absolute atomic E-state index is 2.60. The number of hydrogen-bond donors (Lipinski definition) is 0. The van der Waals surface area contributed by atoms with Crippen molar-refractivity contribution in [2.24, 2.45) is 0 Å². The summed E-state index contributed by atoms with van der Waals surface area (Å²) in [6.07, 6.45) is 6.69. The molecule has 0 aliphatic heterocycles. The van der Waals surface area contributed by atoms with E-state index in [-0.39, 0.29) is 0 Å². The number of benzene rings is 11. The van der Waals surface area contributed by atoms with Crippen molar-refractivity contribution in [1.29, 1.82) is 0 Å². The second-order valence-corrected chi connectivity index (χ2v) is 20.6. The summed E-state index contributed by atoms with van der Waals surface area (Å²) in [7, 11) is 0. The maximum Gasteiger partial charge on any atom is 0.0726 e. The smallest absolute Gasteiger partial charge is 0.0726 e. The van der Waals surface area contributed by atoms with Crippen LogP contribution >= 0.6 is 0 Å². The predicted molar refractivity (Wildman–Crippen MR) is 317 cm³/mol. The van der Waals surface area contributed by atoms with Crippen LogP contribution in [0.1, 0.15) is 39.9 Å². The molecule has 1 spiro atoms. The lowest BCUT2D eigenvalue weighted by Crippen LogP contribution is -2.26. The van der Waals surface area contributed by atoms with E-state index >= 15 is 0 Å². The number of fused-ring (bicyclic) bond motifs is 16. The lowest BCUT2D eigenvalue weighted by molar-refractivity contribution is 0.794. The standard InChI is InChI=1S/C73H49N3/c1-4-22-48(23-5-1)50-44-51(49-24-6-2-7-25-49)46-54(45-50)76-66-38-19-14-32-60(66)72-68(40-21-41-69(72)76)75(53-42-43-58-57-30-13-18-37-65(57)74(70(58)47-53)52-26-8-3-9-27-52)67-39-20-36-64-71(67)59-31-12-17-35-63(59)73(64)61-33-15-10-28-55(61)56-29-11-16-34-62(56)73/h1-17,19-36,38-47H,18,37H2. The number of para-hydroxylation sites is 2. The second-order valence-electron chi connectivity index (χ2n) is 20.6. The van der Waals surface area contributed by atoms with Gasteiger partial charge in [0.05, 0.1) is 33.3 Å². The lowest BCUT2D eigenvalue weighted by Gasteiger charge is -2.32. The Bertz CT molecular complexity index is 4410. The highest BCUT2D eigenvalue weighted by Crippen LogP contribution is 2.65. The third-order valence-corrected chi connectivity index (χ3v) is 16.7. The van der Waals surface area contributed by atoms with Crippen LogP contribution in [0.5, 0.6) is 0 Å². The highest BCUT2D eigenvalue weighted by Gasteiger charge is 2.52. The Morgan fingerprint density at radius 1 is 0.368 bits per heavy atom. The molecule has 3 aliphatic rings. The highest BCUT2D eigenvalue weighted by molar-refractivity contribution is 6.18. The first kappa shape index (κ1) is 42.8. The van der Waals surface area contributed by atoms with E-state index < -0.39 is 5.41 Å². The third-order valence-electron chi connectivity index (χ3n) is 16.7. The molecule has 0 atom stereocenters. The first-order chi connectivity index (χ1) is 37.7. The Labute approximate surface area is 442 Å². The summed E-state index contributed by atoms with van der Waals surface area (Å²) >= 11 is 0. The van der Waals surface area contributed by atoms with Crippen molar-refractivity contribution in [2.75, 3.05) is 4.90 Å². The summed E-state index contributed by atoms with van der Waals surface area (Å²) in [5.41, 5.74) is 26.5. The summed E-state index contributed by atoms with van der Waals surface area (Å²) < 4.78 is 5.03. The van der Waals surface area contributed by atoms with Crippen LogP contribution in [-0.2, 0) is 11.8 Å². The number of aromatic nitrogens is 2. The molecular formula is C73H49N3. The summed E-state index contributed by atoms with van der Waals surface area (Å²) in [5, 5.41) is 3.66. The molecule has 0 bridgehead atoms. The van der Waals surface area contributed by atoms with Crippen LogP contribution in [0.2, 0.25) is 0 Å². The molecule has 0 unspecified atom stereocenters. The maximum atomic E-state index is 2.60. The van der Waals surface area contributed by atoms with Gasteiger partial charge in [0, 0.05) is 50.0 Å². The quantitative estimate of drug-likeness (QED) is 0.155. The van der Waals surface area contributed by atoms with Gasteiger partial charge in [0.2, 0.25) is 0 Å². The second kappa shape index (κ2) is 16.7. The van der Waals surface area contributed by atoms with Gasteiger partial charge in [-0.2, -0.15) is 0 Å². The van der Waals surface area contributed by atoms with Gasteiger partial charge in [-0.05, 0) is 141 Å².